The molecule has 2 rings (SSSR count). The minimum Gasteiger partial charge on any atom is -0.478 e. The molecule has 1 aromatic rings. The van der Waals surface area contributed by atoms with Gasteiger partial charge in [-0.25, -0.2) is 4.79 Å². The van der Waals surface area contributed by atoms with Crippen LogP contribution in [-0.4, -0.2) is 35.4 Å². The Morgan fingerprint density at radius 1 is 1.28 bits per heavy atom. The number of carbonyl (C=O) groups is 1. The molecule has 1 aromatic carbocycles. The Hall–Kier alpha value is -1.55. The van der Waals surface area contributed by atoms with Crippen LogP contribution in [0.2, 0.25) is 0 Å². The van der Waals surface area contributed by atoms with Gasteiger partial charge in [-0.3, -0.25) is 0 Å². The Kier molecular flexibility index (Phi) is 3.87. The predicted octanol–water partition coefficient (Wildman–Crippen LogP) is 1.98. The molecule has 2 N–H and O–H groups in total. The van der Waals surface area contributed by atoms with Crippen LogP contribution < -0.4 is 4.90 Å². The number of benzene rings is 1. The number of carboxylic acid groups (broad SMARTS) is 1. The van der Waals surface area contributed by atoms with E-state index in [2.05, 4.69) is 4.90 Å². The van der Waals surface area contributed by atoms with Gasteiger partial charge >= 0.3 is 5.97 Å². The first kappa shape index (κ1) is 12.9. The van der Waals surface area contributed by atoms with Gasteiger partial charge in [0.05, 0.1) is 11.7 Å². The Morgan fingerprint density at radius 2 is 1.83 bits per heavy atom. The van der Waals surface area contributed by atoms with Gasteiger partial charge in [-0.05, 0) is 49.9 Å². The van der Waals surface area contributed by atoms with Crippen LogP contribution in [0.4, 0.5) is 5.69 Å². The van der Waals surface area contributed by atoms with Crippen LogP contribution in [0.25, 0.3) is 0 Å². The summed E-state index contributed by atoms with van der Waals surface area (Å²) in [5.41, 5.74) is 1.38. The van der Waals surface area contributed by atoms with Gasteiger partial charge in [0, 0.05) is 18.8 Å². The summed E-state index contributed by atoms with van der Waals surface area (Å²) < 4.78 is 0. The number of hydrogen-bond donors (Lipinski definition) is 2. The molecule has 1 saturated heterocycles. The molecule has 0 amide bonds. The van der Waals surface area contributed by atoms with Gasteiger partial charge in [-0.15, -0.1) is 0 Å². The SMILES string of the molecule is CC(O)C1CCN(c2ccc(C(=O)O)cc2)CC1. The number of aromatic carboxylic acids is 1. The average Bonchev–Trinajstić information content (AvgIpc) is 2.39. The second kappa shape index (κ2) is 5.40. The molecule has 0 saturated carbocycles. The fourth-order valence-electron chi connectivity index (χ4n) is 2.45. The van der Waals surface area contributed by atoms with Crippen molar-refractivity contribution in [1.82, 2.24) is 0 Å². The van der Waals surface area contributed by atoms with Gasteiger partial charge in [0.2, 0.25) is 0 Å². The average molecular weight is 249 g/mol. The second-order valence-electron chi connectivity index (χ2n) is 4.92. The number of carboxylic acids is 1. The van der Waals surface area contributed by atoms with E-state index in [4.69, 9.17) is 5.11 Å². The van der Waals surface area contributed by atoms with Crippen LogP contribution in [-0.2, 0) is 0 Å². The molecule has 0 aliphatic carbocycles. The molecule has 0 bridgehead atoms. The normalized spacial score (nSPS) is 18.7. The molecule has 4 heteroatoms. The minimum atomic E-state index is -0.894. The Labute approximate surface area is 107 Å². The van der Waals surface area contributed by atoms with Crippen molar-refractivity contribution in [1.29, 1.82) is 0 Å². The van der Waals surface area contributed by atoms with Crippen molar-refractivity contribution in [2.45, 2.75) is 25.9 Å². The summed E-state index contributed by atoms with van der Waals surface area (Å²) in [6, 6.07) is 6.98. The fourth-order valence-corrected chi connectivity index (χ4v) is 2.45. The van der Waals surface area contributed by atoms with Gasteiger partial charge < -0.3 is 15.1 Å². The van der Waals surface area contributed by atoms with Crippen molar-refractivity contribution >= 4 is 11.7 Å². The molecule has 4 nitrogen and oxygen atoms in total. The zero-order valence-electron chi connectivity index (χ0n) is 10.5. The van der Waals surface area contributed by atoms with Crippen LogP contribution in [0.1, 0.15) is 30.1 Å². The number of anilines is 1. The van der Waals surface area contributed by atoms with E-state index in [0.29, 0.717) is 11.5 Å². The molecule has 0 spiro atoms. The molecule has 0 aromatic heterocycles. The van der Waals surface area contributed by atoms with Crippen LogP contribution in [0.15, 0.2) is 24.3 Å². The van der Waals surface area contributed by atoms with E-state index >= 15 is 0 Å². The van der Waals surface area contributed by atoms with E-state index in [-0.39, 0.29) is 6.10 Å². The van der Waals surface area contributed by atoms with Crippen LogP contribution in [0, 0.1) is 5.92 Å². The lowest BCUT2D eigenvalue weighted by atomic mass is 9.92. The van der Waals surface area contributed by atoms with Crippen molar-refractivity contribution in [2.75, 3.05) is 18.0 Å². The van der Waals surface area contributed by atoms with E-state index in [1.165, 1.54) is 0 Å². The highest BCUT2D eigenvalue weighted by atomic mass is 16.4. The number of rotatable bonds is 3. The molecule has 1 fully saturated rings. The standard InChI is InChI=1S/C14H19NO3/c1-10(16)11-6-8-15(9-7-11)13-4-2-12(3-5-13)14(17)18/h2-5,10-11,16H,6-9H2,1H3,(H,17,18). The van der Waals surface area contributed by atoms with Gasteiger partial charge in [0.1, 0.15) is 0 Å². The molecule has 1 aliphatic rings. The van der Waals surface area contributed by atoms with Crippen molar-refractivity contribution in [2.24, 2.45) is 5.92 Å². The number of hydrogen-bond acceptors (Lipinski definition) is 3. The maximum atomic E-state index is 10.8. The summed E-state index contributed by atoms with van der Waals surface area (Å²) in [6.45, 7) is 3.69. The fraction of sp³-hybridized carbons (Fsp3) is 0.500. The van der Waals surface area contributed by atoms with Gasteiger partial charge in [-0.2, -0.15) is 0 Å². The van der Waals surface area contributed by atoms with Gasteiger partial charge in [0.25, 0.3) is 0 Å². The summed E-state index contributed by atoms with van der Waals surface area (Å²) in [5, 5.41) is 18.4. The molecule has 1 unspecified atom stereocenters. The molecule has 1 aliphatic heterocycles. The third kappa shape index (κ3) is 2.82. The first-order valence-corrected chi connectivity index (χ1v) is 6.34. The Bertz CT molecular complexity index is 406. The first-order valence-electron chi connectivity index (χ1n) is 6.34. The zero-order chi connectivity index (χ0) is 13.1. The van der Waals surface area contributed by atoms with Crippen LogP contribution in [0.3, 0.4) is 0 Å². The molecular formula is C14H19NO3. The van der Waals surface area contributed by atoms with Crippen LogP contribution >= 0.6 is 0 Å². The van der Waals surface area contributed by atoms with E-state index in [9.17, 15) is 9.90 Å². The Balaban J connectivity index is 1.99. The highest BCUT2D eigenvalue weighted by molar-refractivity contribution is 5.88. The highest BCUT2D eigenvalue weighted by Gasteiger charge is 2.22. The van der Waals surface area contributed by atoms with E-state index in [1.54, 1.807) is 12.1 Å². The topological polar surface area (TPSA) is 60.8 Å². The second-order valence-corrected chi connectivity index (χ2v) is 4.92. The lowest BCUT2D eigenvalue weighted by molar-refractivity contribution is 0.0697. The monoisotopic (exact) mass is 249 g/mol. The summed E-state index contributed by atoms with van der Waals surface area (Å²) in [7, 11) is 0. The number of piperidine rings is 1. The molecule has 1 atom stereocenters. The van der Waals surface area contributed by atoms with Crippen molar-refractivity contribution < 1.29 is 15.0 Å². The number of aliphatic hydroxyl groups is 1. The maximum absolute atomic E-state index is 10.8. The summed E-state index contributed by atoms with van der Waals surface area (Å²) >= 11 is 0. The number of nitrogens with zero attached hydrogens (tertiary/aromatic N) is 1. The number of aliphatic hydroxyl groups excluding tert-OH is 1. The molecule has 98 valence electrons. The van der Waals surface area contributed by atoms with E-state index in [0.717, 1.165) is 31.6 Å². The van der Waals surface area contributed by atoms with E-state index in [1.807, 2.05) is 19.1 Å². The summed E-state index contributed by atoms with van der Waals surface area (Å²) in [4.78, 5) is 13.0. The molecule has 0 radical (unpaired) electrons. The molecular weight excluding hydrogens is 230 g/mol. The highest BCUT2D eigenvalue weighted by Crippen LogP contribution is 2.25. The first-order chi connectivity index (χ1) is 8.58. The third-order valence-electron chi connectivity index (χ3n) is 3.70. The smallest absolute Gasteiger partial charge is 0.335 e. The van der Waals surface area contributed by atoms with E-state index < -0.39 is 5.97 Å². The van der Waals surface area contributed by atoms with Crippen LogP contribution in [0.5, 0.6) is 0 Å². The quantitative estimate of drug-likeness (QED) is 0.860. The maximum Gasteiger partial charge on any atom is 0.335 e. The lowest BCUT2D eigenvalue weighted by Gasteiger charge is -2.34. The zero-order valence-corrected chi connectivity index (χ0v) is 10.5. The molecule has 18 heavy (non-hydrogen) atoms. The van der Waals surface area contributed by atoms with Gasteiger partial charge in [-0.1, -0.05) is 0 Å². The van der Waals surface area contributed by atoms with Crippen molar-refractivity contribution in [3.63, 3.8) is 0 Å². The molecule has 1 heterocycles. The third-order valence-corrected chi connectivity index (χ3v) is 3.70. The summed E-state index contributed by atoms with van der Waals surface area (Å²) in [5.74, 6) is -0.506. The van der Waals surface area contributed by atoms with Crippen molar-refractivity contribution in [3.8, 4) is 0 Å². The minimum absolute atomic E-state index is 0.235. The van der Waals surface area contributed by atoms with Crippen molar-refractivity contribution in [3.05, 3.63) is 29.8 Å². The lowest BCUT2D eigenvalue weighted by Crippen LogP contribution is -2.37. The largest absolute Gasteiger partial charge is 0.478 e. The summed E-state index contributed by atoms with van der Waals surface area (Å²) in [6.07, 6.45) is 1.73. The Morgan fingerprint density at radius 3 is 2.28 bits per heavy atom. The predicted molar refractivity (Wildman–Crippen MR) is 70.0 cm³/mol. The van der Waals surface area contributed by atoms with Gasteiger partial charge in [0.15, 0.2) is 0 Å².